The summed E-state index contributed by atoms with van der Waals surface area (Å²) >= 11 is 0. The van der Waals surface area contributed by atoms with Crippen LogP contribution in [0.2, 0.25) is 0 Å². The Morgan fingerprint density at radius 2 is 2.33 bits per heavy atom. The van der Waals surface area contributed by atoms with Gasteiger partial charge >= 0.3 is 5.97 Å². The number of carbonyl (C=O) groups is 1. The summed E-state index contributed by atoms with van der Waals surface area (Å²) in [6, 6.07) is 5.36. The van der Waals surface area contributed by atoms with Crippen molar-refractivity contribution in [2.75, 3.05) is 7.11 Å². The molecule has 2 aromatic rings. The van der Waals surface area contributed by atoms with E-state index in [4.69, 9.17) is 10.5 Å². The molecule has 1 aromatic heterocycles. The van der Waals surface area contributed by atoms with Gasteiger partial charge in [-0.3, -0.25) is 4.79 Å². The van der Waals surface area contributed by atoms with Crippen LogP contribution >= 0.6 is 0 Å². The molecule has 0 aliphatic heterocycles. The number of methoxy groups -OCH3 is 1. The molecular weight excluding hydrogens is 230 g/mol. The van der Waals surface area contributed by atoms with Crippen molar-refractivity contribution in [1.82, 2.24) is 9.97 Å². The molecule has 0 saturated carbocycles. The van der Waals surface area contributed by atoms with E-state index in [2.05, 4.69) is 9.97 Å². The molecule has 2 rings (SSSR count). The zero-order valence-electron chi connectivity index (χ0n) is 10.5. The highest BCUT2D eigenvalue weighted by molar-refractivity contribution is 5.77. The van der Waals surface area contributed by atoms with Gasteiger partial charge in [0.05, 0.1) is 30.4 Å². The van der Waals surface area contributed by atoms with Gasteiger partial charge in [0, 0.05) is 6.04 Å². The molecule has 0 spiro atoms. The zero-order chi connectivity index (χ0) is 13.1. The van der Waals surface area contributed by atoms with E-state index in [-0.39, 0.29) is 17.9 Å². The van der Waals surface area contributed by atoms with Gasteiger partial charge in [-0.05, 0) is 24.1 Å². The Labute approximate surface area is 105 Å². The van der Waals surface area contributed by atoms with E-state index < -0.39 is 0 Å². The minimum atomic E-state index is -0.366. The summed E-state index contributed by atoms with van der Waals surface area (Å²) in [5.74, 6) is -0.593. The summed E-state index contributed by atoms with van der Waals surface area (Å²) in [6.07, 6.45) is 2.28. The Balaban J connectivity index is 2.30. The maximum absolute atomic E-state index is 11.6. The second-order valence-corrected chi connectivity index (χ2v) is 4.24. The lowest BCUT2D eigenvalue weighted by Gasteiger charge is -2.20. The SMILES string of the molecule is CCC(C(=O)OC)C(N)c1ccc2nc[nH]c2c1. The molecule has 0 saturated heterocycles. The van der Waals surface area contributed by atoms with Gasteiger partial charge in [-0.15, -0.1) is 0 Å². The molecule has 18 heavy (non-hydrogen) atoms. The number of fused-ring (bicyclic) bond motifs is 1. The summed E-state index contributed by atoms with van der Waals surface area (Å²) in [6.45, 7) is 1.93. The highest BCUT2D eigenvalue weighted by Crippen LogP contribution is 2.25. The van der Waals surface area contributed by atoms with Gasteiger partial charge in [0.1, 0.15) is 0 Å². The molecule has 2 unspecified atom stereocenters. The number of nitrogens with two attached hydrogens (primary N) is 1. The first kappa shape index (κ1) is 12.6. The quantitative estimate of drug-likeness (QED) is 0.807. The molecule has 0 aliphatic carbocycles. The number of nitrogens with one attached hydrogen (secondary N) is 1. The fraction of sp³-hybridized carbons (Fsp3) is 0.385. The lowest BCUT2D eigenvalue weighted by atomic mass is 9.91. The lowest BCUT2D eigenvalue weighted by Crippen LogP contribution is -2.28. The number of imidazole rings is 1. The smallest absolute Gasteiger partial charge is 0.310 e. The molecule has 0 radical (unpaired) electrons. The van der Waals surface area contributed by atoms with E-state index in [0.717, 1.165) is 16.6 Å². The van der Waals surface area contributed by atoms with Crippen LogP contribution in [-0.4, -0.2) is 23.0 Å². The zero-order valence-corrected chi connectivity index (χ0v) is 10.5. The van der Waals surface area contributed by atoms with Crippen LogP contribution in [-0.2, 0) is 9.53 Å². The molecule has 0 bridgehead atoms. The number of nitrogens with zero attached hydrogens (tertiary/aromatic N) is 1. The van der Waals surface area contributed by atoms with E-state index in [1.165, 1.54) is 7.11 Å². The Hall–Kier alpha value is -1.88. The molecule has 0 fully saturated rings. The van der Waals surface area contributed by atoms with Crippen LogP contribution in [0.3, 0.4) is 0 Å². The monoisotopic (exact) mass is 247 g/mol. The molecule has 96 valence electrons. The van der Waals surface area contributed by atoms with Gasteiger partial charge < -0.3 is 15.5 Å². The summed E-state index contributed by atoms with van der Waals surface area (Å²) in [5.41, 5.74) is 8.86. The predicted molar refractivity (Wildman–Crippen MR) is 68.8 cm³/mol. The highest BCUT2D eigenvalue weighted by Gasteiger charge is 2.26. The summed E-state index contributed by atoms with van der Waals surface area (Å²) in [4.78, 5) is 18.8. The Kier molecular flexibility index (Phi) is 3.62. The number of rotatable bonds is 4. The molecule has 5 nitrogen and oxygen atoms in total. The minimum absolute atomic E-state index is 0.269. The van der Waals surface area contributed by atoms with Crippen molar-refractivity contribution in [3.05, 3.63) is 30.1 Å². The topological polar surface area (TPSA) is 81.0 Å². The first-order valence-electron chi connectivity index (χ1n) is 5.93. The summed E-state index contributed by atoms with van der Waals surface area (Å²) < 4.78 is 4.78. The van der Waals surface area contributed by atoms with Crippen LogP contribution in [0.25, 0.3) is 11.0 Å². The Morgan fingerprint density at radius 3 is 3.00 bits per heavy atom. The van der Waals surface area contributed by atoms with Crippen molar-refractivity contribution in [3.63, 3.8) is 0 Å². The lowest BCUT2D eigenvalue weighted by molar-refractivity contribution is -0.146. The van der Waals surface area contributed by atoms with E-state index >= 15 is 0 Å². The molecule has 1 heterocycles. The van der Waals surface area contributed by atoms with Crippen molar-refractivity contribution >= 4 is 17.0 Å². The normalized spacial score (nSPS) is 14.4. The molecule has 2 atom stereocenters. The third kappa shape index (κ3) is 2.22. The highest BCUT2D eigenvalue weighted by atomic mass is 16.5. The van der Waals surface area contributed by atoms with Crippen LogP contribution < -0.4 is 5.73 Å². The second-order valence-electron chi connectivity index (χ2n) is 4.24. The van der Waals surface area contributed by atoms with Crippen molar-refractivity contribution in [1.29, 1.82) is 0 Å². The number of hydrogen-bond acceptors (Lipinski definition) is 4. The molecular formula is C13H17N3O2. The van der Waals surface area contributed by atoms with Gasteiger partial charge in [0.2, 0.25) is 0 Å². The van der Waals surface area contributed by atoms with E-state index in [1.807, 2.05) is 25.1 Å². The van der Waals surface area contributed by atoms with E-state index in [9.17, 15) is 4.79 Å². The Morgan fingerprint density at radius 1 is 1.56 bits per heavy atom. The largest absolute Gasteiger partial charge is 0.469 e. The number of esters is 1. The minimum Gasteiger partial charge on any atom is -0.469 e. The van der Waals surface area contributed by atoms with Crippen LogP contribution in [0, 0.1) is 5.92 Å². The molecule has 0 aliphatic rings. The van der Waals surface area contributed by atoms with Crippen LogP contribution in [0.1, 0.15) is 24.9 Å². The number of benzene rings is 1. The van der Waals surface area contributed by atoms with Crippen LogP contribution in [0.5, 0.6) is 0 Å². The first-order valence-corrected chi connectivity index (χ1v) is 5.93. The third-order valence-corrected chi connectivity index (χ3v) is 3.21. The average molecular weight is 247 g/mol. The van der Waals surface area contributed by atoms with Crippen molar-refractivity contribution in [3.8, 4) is 0 Å². The van der Waals surface area contributed by atoms with E-state index in [0.29, 0.717) is 6.42 Å². The predicted octanol–water partition coefficient (Wildman–Crippen LogP) is 1.76. The summed E-state index contributed by atoms with van der Waals surface area (Å²) in [7, 11) is 1.38. The Bertz CT molecular complexity index is 550. The number of carbonyl (C=O) groups excluding carboxylic acids is 1. The molecule has 1 aromatic carbocycles. The fourth-order valence-corrected chi connectivity index (χ4v) is 2.11. The summed E-state index contributed by atoms with van der Waals surface area (Å²) in [5, 5.41) is 0. The molecule has 3 N–H and O–H groups in total. The maximum atomic E-state index is 11.6. The van der Waals surface area contributed by atoms with Gasteiger partial charge in [-0.2, -0.15) is 0 Å². The van der Waals surface area contributed by atoms with Crippen LogP contribution in [0.15, 0.2) is 24.5 Å². The standard InChI is InChI=1S/C13H17N3O2/c1-3-9(13(17)18-2)12(14)8-4-5-10-11(6-8)16-7-15-10/h4-7,9,12H,3,14H2,1-2H3,(H,15,16). The maximum Gasteiger partial charge on any atom is 0.310 e. The first-order chi connectivity index (χ1) is 8.67. The third-order valence-electron chi connectivity index (χ3n) is 3.21. The second kappa shape index (κ2) is 5.18. The van der Waals surface area contributed by atoms with Gasteiger partial charge in [-0.25, -0.2) is 4.98 Å². The van der Waals surface area contributed by atoms with E-state index in [1.54, 1.807) is 6.33 Å². The van der Waals surface area contributed by atoms with Crippen molar-refractivity contribution < 1.29 is 9.53 Å². The number of aromatic nitrogens is 2. The van der Waals surface area contributed by atoms with Crippen molar-refractivity contribution in [2.45, 2.75) is 19.4 Å². The van der Waals surface area contributed by atoms with Gasteiger partial charge in [0.25, 0.3) is 0 Å². The fourth-order valence-electron chi connectivity index (χ4n) is 2.11. The number of aromatic amines is 1. The van der Waals surface area contributed by atoms with Gasteiger partial charge in [0.15, 0.2) is 0 Å². The number of ether oxygens (including phenoxy) is 1. The average Bonchev–Trinajstić information content (AvgIpc) is 2.86. The number of hydrogen-bond donors (Lipinski definition) is 2. The van der Waals surface area contributed by atoms with Crippen LogP contribution in [0.4, 0.5) is 0 Å². The number of H-pyrrole nitrogens is 1. The van der Waals surface area contributed by atoms with Gasteiger partial charge in [-0.1, -0.05) is 13.0 Å². The molecule has 0 amide bonds. The van der Waals surface area contributed by atoms with Crippen molar-refractivity contribution in [2.24, 2.45) is 11.7 Å². The molecule has 5 heteroatoms.